The Morgan fingerprint density at radius 1 is 1.06 bits per heavy atom. The van der Waals surface area contributed by atoms with E-state index in [1.54, 1.807) is 13.8 Å². The molecule has 0 fully saturated rings. The van der Waals surface area contributed by atoms with E-state index in [4.69, 9.17) is 18.6 Å². The normalized spacial score (nSPS) is 10.5. The summed E-state index contributed by atoms with van der Waals surface area (Å²) in [6.45, 7) is 3.53. The summed E-state index contributed by atoms with van der Waals surface area (Å²) < 4.78 is 22.0. The number of esters is 2. The summed E-state index contributed by atoms with van der Waals surface area (Å²) in [5.74, 6) is -1.37. The van der Waals surface area contributed by atoms with Gasteiger partial charge < -0.3 is 18.6 Å². The van der Waals surface area contributed by atoms with E-state index in [1.165, 1.54) is 12.3 Å². The van der Waals surface area contributed by atoms with Crippen molar-refractivity contribution >= 4 is 11.9 Å². The molecule has 0 N–H and O–H groups in total. The van der Waals surface area contributed by atoms with Crippen LogP contribution < -0.4 is 10.2 Å². The Morgan fingerprint density at radius 2 is 1.77 bits per heavy atom. The lowest BCUT2D eigenvalue weighted by atomic mass is 10.2. The number of benzene rings is 1. The summed E-state index contributed by atoms with van der Waals surface area (Å²) in [5, 5.41) is 7.55. The Hall–Kier alpha value is -3.95. The summed E-state index contributed by atoms with van der Waals surface area (Å²) in [6, 6.07) is 10.6. The van der Waals surface area contributed by atoms with Gasteiger partial charge in [0.1, 0.15) is 25.2 Å². The van der Waals surface area contributed by atoms with E-state index in [0.29, 0.717) is 0 Å². The van der Waals surface area contributed by atoms with Crippen molar-refractivity contribution in [3.8, 4) is 5.75 Å². The van der Waals surface area contributed by atoms with Crippen molar-refractivity contribution in [3.63, 3.8) is 0 Å². The summed E-state index contributed by atoms with van der Waals surface area (Å²) in [6.07, 6.45) is 1.19. The fraction of sp³-hybridized carbons (Fsp3) is 0.286. The zero-order valence-electron chi connectivity index (χ0n) is 17.1. The van der Waals surface area contributed by atoms with E-state index in [1.807, 2.05) is 30.3 Å². The molecule has 0 bridgehead atoms. The van der Waals surface area contributed by atoms with Gasteiger partial charge in [-0.2, -0.15) is 0 Å². The van der Waals surface area contributed by atoms with Crippen LogP contribution >= 0.6 is 0 Å². The Morgan fingerprint density at radius 3 is 2.45 bits per heavy atom. The molecule has 0 aliphatic carbocycles. The highest BCUT2D eigenvalue weighted by Gasteiger charge is 2.28. The molecule has 10 nitrogen and oxygen atoms in total. The minimum Gasteiger partial charge on any atom is -0.482 e. The minimum absolute atomic E-state index is 0.0454. The molecule has 0 aliphatic heterocycles. The van der Waals surface area contributed by atoms with Gasteiger partial charge >= 0.3 is 11.9 Å². The average Bonchev–Trinajstić information content (AvgIpc) is 3.18. The second-order valence-electron chi connectivity index (χ2n) is 6.23. The average molecular weight is 427 g/mol. The summed E-state index contributed by atoms with van der Waals surface area (Å²) in [5.41, 5.74) is 0.0394. The fourth-order valence-electron chi connectivity index (χ4n) is 2.67. The number of aromatic nitrogens is 3. The molecule has 0 amide bonds. The van der Waals surface area contributed by atoms with Gasteiger partial charge in [0.05, 0.1) is 13.2 Å². The smallest absolute Gasteiger partial charge is 0.361 e. The van der Waals surface area contributed by atoms with Crippen molar-refractivity contribution in [2.75, 3.05) is 13.2 Å². The predicted octanol–water partition coefficient (Wildman–Crippen LogP) is 2.21. The molecule has 1 aromatic carbocycles. The molecular formula is C21H21N3O7. The monoisotopic (exact) mass is 427 g/mol. The third-order valence-electron chi connectivity index (χ3n) is 4.07. The molecule has 0 unspecified atom stereocenters. The maximum atomic E-state index is 12.4. The molecule has 10 heteroatoms. The summed E-state index contributed by atoms with van der Waals surface area (Å²) >= 11 is 0. The molecule has 31 heavy (non-hydrogen) atoms. The largest absolute Gasteiger partial charge is 0.482 e. The third kappa shape index (κ3) is 5.35. The van der Waals surface area contributed by atoms with E-state index in [9.17, 15) is 14.4 Å². The van der Waals surface area contributed by atoms with Crippen LogP contribution in [0.5, 0.6) is 5.75 Å². The zero-order chi connectivity index (χ0) is 22.2. The summed E-state index contributed by atoms with van der Waals surface area (Å²) in [4.78, 5) is 36.8. The van der Waals surface area contributed by atoms with Crippen LogP contribution in [0.3, 0.4) is 0 Å². The highest BCUT2D eigenvalue weighted by Crippen LogP contribution is 2.14. The van der Waals surface area contributed by atoms with Crippen molar-refractivity contribution in [2.24, 2.45) is 0 Å². The van der Waals surface area contributed by atoms with Crippen LogP contribution in [0.25, 0.3) is 0 Å². The topological polar surface area (TPSA) is 123 Å². The molecule has 0 spiro atoms. The number of hydrogen-bond acceptors (Lipinski definition) is 9. The Kier molecular flexibility index (Phi) is 7.15. The van der Waals surface area contributed by atoms with E-state index < -0.39 is 17.4 Å². The van der Waals surface area contributed by atoms with Crippen LogP contribution in [0.1, 0.15) is 46.1 Å². The van der Waals surface area contributed by atoms with Crippen molar-refractivity contribution in [3.05, 3.63) is 75.6 Å². The molecule has 0 atom stereocenters. The number of carbonyl (C=O) groups excluding carboxylic acids is 2. The minimum atomic E-state index is -0.803. The van der Waals surface area contributed by atoms with Gasteiger partial charge in [-0.1, -0.05) is 35.5 Å². The third-order valence-corrected chi connectivity index (χ3v) is 4.07. The van der Waals surface area contributed by atoms with Crippen molar-refractivity contribution in [2.45, 2.75) is 27.0 Å². The number of rotatable bonds is 9. The highest BCUT2D eigenvalue weighted by molar-refractivity contribution is 6.00. The van der Waals surface area contributed by atoms with Gasteiger partial charge in [0, 0.05) is 6.07 Å². The molecule has 3 aromatic rings. The van der Waals surface area contributed by atoms with Crippen molar-refractivity contribution in [1.82, 2.24) is 15.0 Å². The van der Waals surface area contributed by atoms with Gasteiger partial charge in [0.15, 0.2) is 5.69 Å². The van der Waals surface area contributed by atoms with Crippen LogP contribution in [-0.4, -0.2) is 40.1 Å². The molecule has 0 aliphatic rings. The molecular weight excluding hydrogens is 406 g/mol. The highest BCUT2D eigenvalue weighted by atomic mass is 16.5. The van der Waals surface area contributed by atoms with Gasteiger partial charge in [0.25, 0.3) is 0 Å². The van der Waals surface area contributed by atoms with Gasteiger partial charge in [0.2, 0.25) is 16.9 Å². The molecule has 3 rings (SSSR count). The number of hydrogen-bond donors (Lipinski definition) is 0. The summed E-state index contributed by atoms with van der Waals surface area (Å²) in [7, 11) is 0. The van der Waals surface area contributed by atoms with E-state index >= 15 is 0 Å². The first-order valence-electron chi connectivity index (χ1n) is 9.59. The molecule has 2 heterocycles. The number of nitrogens with zero attached hydrogens (tertiary/aromatic N) is 3. The zero-order valence-corrected chi connectivity index (χ0v) is 17.1. The predicted molar refractivity (Wildman–Crippen MR) is 107 cm³/mol. The van der Waals surface area contributed by atoms with Crippen LogP contribution in [0, 0.1) is 0 Å². The SMILES string of the molecule is CCOC(=O)c1nnn(Cc2cc(=O)c(OCc3ccccc3)co2)c1C(=O)OCC. The first-order valence-corrected chi connectivity index (χ1v) is 9.59. The van der Waals surface area contributed by atoms with Crippen LogP contribution in [0.2, 0.25) is 0 Å². The van der Waals surface area contributed by atoms with Crippen molar-refractivity contribution in [1.29, 1.82) is 0 Å². The van der Waals surface area contributed by atoms with E-state index in [2.05, 4.69) is 10.3 Å². The first kappa shape index (κ1) is 21.8. The standard InChI is InChI=1S/C21H21N3O7/c1-3-28-20(26)18-19(21(27)29-4-2)24(23-22-18)11-15-10-16(25)17(13-30-15)31-12-14-8-6-5-7-9-14/h5-10,13H,3-4,11-12H2,1-2H3. The molecule has 0 radical (unpaired) electrons. The lowest BCUT2D eigenvalue weighted by Crippen LogP contribution is -2.19. The second kappa shape index (κ2) is 10.2. The van der Waals surface area contributed by atoms with Crippen LogP contribution in [0.15, 0.2) is 51.9 Å². The number of carbonyl (C=O) groups is 2. The molecule has 2 aromatic heterocycles. The Labute approximate surface area is 177 Å². The van der Waals surface area contributed by atoms with Crippen LogP contribution in [-0.2, 0) is 22.6 Å². The fourth-order valence-corrected chi connectivity index (χ4v) is 2.67. The Balaban J connectivity index is 1.80. The molecule has 0 saturated carbocycles. The first-order chi connectivity index (χ1) is 15.0. The van der Waals surface area contributed by atoms with Gasteiger partial charge in [-0.25, -0.2) is 14.3 Å². The number of ether oxygens (including phenoxy) is 3. The molecule has 0 saturated heterocycles. The maximum Gasteiger partial charge on any atom is 0.361 e. The van der Waals surface area contributed by atoms with E-state index in [-0.39, 0.29) is 49.3 Å². The van der Waals surface area contributed by atoms with Gasteiger partial charge in [-0.3, -0.25) is 4.79 Å². The lowest BCUT2D eigenvalue weighted by molar-refractivity contribution is 0.0467. The lowest BCUT2D eigenvalue weighted by Gasteiger charge is -2.08. The van der Waals surface area contributed by atoms with E-state index in [0.717, 1.165) is 10.2 Å². The Bertz CT molecular complexity index is 1110. The molecule has 162 valence electrons. The second-order valence-corrected chi connectivity index (χ2v) is 6.23. The maximum absolute atomic E-state index is 12.4. The van der Waals surface area contributed by atoms with Crippen molar-refractivity contribution < 1.29 is 28.2 Å². The van der Waals surface area contributed by atoms with Gasteiger partial charge in [-0.15, -0.1) is 5.10 Å². The quantitative estimate of drug-likeness (QED) is 0.473. The van der Waals surface area contributed by atoms with Gasteiger partial charge in [-0.05, 0) is 19.4 Å². The van der Waals surface area contributed by atoms with Crippen LogP contribution in [0.4, 0.5) is 0 Å².